The number of rotatable bonds is 23. The van der Waals surface area contributed by atoms with Crippen LogP contribution in [0.5, 0.6) is 0 Å². The van der Waals surface area contributed by atoms with Crippen LogP contribution < -0.4 is 0 Å². The van der Waals surface area contributed by atoms with Crippen molar-refractivity contribution < 1.29 is 35.1 Å². The third-order valence-electron chi connectivity index (χ3n) is 6.64. The van der Waals surface area contributed by atoms with Crippen LogP contribution in [0.4, 0.5) is 0 Å². The molecule has 0 aliphatic carbocycles. The number of aliphatic hydroxyl groups excluding tert-OH is 6. The number of likely N-dealkylation sites (N-methyl/N-ethyl adjacent to an activating group) is 1. The zero-order valence-electron chi connectivity index (χ0n) is 20.9. The molecule has 0 radical (unpaired) electrons. The van der Waals surface area contributed by atoms with E-state index in [4.69, 9.17) is 5.11 Å². The monoisotopic (exact) mass is 464 g/mol. The van der Waals surface area contributed by atoms with E-state index in [2.05, 4.69) is 6.92 Å². The highest BCUT2D eigenvalue weighted by atomic mass is 16.4. The van der Waals surface area contributed by atoms with Crippen molar-refractivity contribution in [1.82, 2.24) is 0 Å². The average Bonchev–Trinajstić information content (AvgIpc) is 2.77. The lowest BCUT2D eigenvalue weighted by Gasteiger charge is -2.37. The summed E-state index contributed by atoms with van der Waals surface area (Å²) >= 11 is 0. The van der Waals surface area contributed by atoms with Gasteiger partial charge in [0.1, 0.15) is 37.5 Å². The average molecular weight is 465 g/mol. The van der Waals surface area contributed by atoms with Gasteiger partial charge in [-0.15, -0.1) is 0 Å². The predicted octanol–water partition coefficient (Wildman–Crippen LogP) is 2.34. The number of quaternary nitrogens is 1. The molecule has 0 spiro atoms. The fraction of sp³-hybridized carbons (Fsp3) is 1.00. The molecule has 0 amide bonds. The third kappa shape index (κ3) is 15.5. The van der Waals surface area contributed by atoms with E-state index in [1.54, 1.807) is 0 Å². The second-order valence-corrected chi connectivity index (χ2v) is 9.87. The van der Waals surface area contributed by atoms with Crippen molar-refractivity contribution >= 4 is 0 Å². The maximum Gasteiger partial charge on any atom is 0.131 e. The molecule has 0 aromatic heterocycles. The normalized spacial score (nSPS) is 17.6. The minimum atomic E-state index is -1.61. The second kappa shape index (κ2) is 20.1. The molecular weight excluding hydrogens is 410 g/mol. The van der Waals surface area contributed by atoms with Crippen LogP contribution in [0.25, 0.3) is 0 Å². The first kappa shape index (κ1) is 31.7. The fourth-order valence-electron chi connectivity index (χ4n) is 4.35. The Morgan fingerprint density at radius 1 is 0.562 bits per heavy atom. The largest absolute Gasteiger partial charge is 0.394 e. The molecule has 0 aliphatic rings. The van der Waals surface area contributed by atoms with E-state index in [1.807, 2.05) is 7.05 Å². The van der Waals surface area contributed by atoms with Crippen molar-refractivity contribution in [3.8, 4) is 0 Å². The highest BCUT2D eigenvalue weighted by Gasteiger charge is 2.35. The predicted molar refractivity (Wildman–Crippen MR) is 129 cm³/mol. The molecule has 0 rings (SSSR count). The van der Waals surface area contributed by atoms with Crippen molar-refractivity contribution in [3.63, 3.8) is 0 Å². The second-order valence-electron chi connectivity index (χ2n) is 9.87. The summed E-state index contributed by atoms with van der Waals surface area (Å²) in [5, 5.41) is 58.0. The molecule has 0 aliphatic heterocycles. The third-order valence-corrected chi connectivity index (χ3v) is 6.64. The lowest BCUT2D eigenvalue weighted by molar-refractivity contribution is -0.913. The quantitative estimate of drug-likeness (QED) is 0.102. The van der Waals surface area contributed by atoms with Gasteiger partial charge >= 0.3 is 0 Å². The van der Waals surface area contributed by atoms with Gasteiger partial charge in [-0.05, 0) is 12.8 Å². The number of hydrogen-bond donors (Lipinski definition) is 6. The maximum absolute atomic E-state index is 10.3. The highest BCUT2D eigenvalue weighted by molar-refractivity contribution is 4.80. The Kier molecular flexibility index (Phi) is 19.9. The summed E-state index contributed by atoms with van der Waals surface area (Å²) in [5.74, 6) is 0. The first-order valence-electron chi connectivity index (χ1n) is 13.1. The van der Waals surface area contributed by atoms with Crippen molar-refractivity contribution in [2.45, 2.75) is 121 Å². The Hall–Kier alpha value is -0.280. The Morgan fingerprint density at radius 2 is 0.969 bits per heavy atom. The molecule has 194 valence electrons. The Balaban J connectivity index is 3.96. The minimum Gasteiger partial charge on any atom is -0.394 e. The molecule has 0 heterocycles. The first-order chi connectivity index (χ1) is 15.3. The van der Waals surface area contributed by atoms with Gasteiger partial charge in [-0.3, -0.25) is 0 Å². The van der Waals surface area contributed by atoms with Gasteiger partial charge in [-0.25, -0.2) is 0 Å². The number of unbranched alkanes of at least 4 members (excludes halogenated alkanes) is 13. The van der Waals surface area contributed by atoms with E-state index < -0.39 is 31.0 Å². The van der Waals surface area contributed by atoms with Crippen LogP contribution in [0.1, 0.15) is 96.8 Å². The summed E-state index contributed by atoms with van der Waals surface area (Å²) in [6.07, 6.45) is 12.1. The van der Waals surface area contributed by atoms with Gasteiger partial charge in [-0.2, -0.15) is 0 Å². The van der Waals surface area contributed by atoms with Crippen LogP contribution in [0.15, 0.2) is 0 Å². The standard InChI is InChI=1S/C25H54NO6/c1-3-4-5-6-7-8-9-10-11-12-13-14-15-16-17-26(2,18-19-27)20-22(29)24(31)25(32)23(30)21-28/h22-25,27-32H,3-21H2,1-2H3/q+1/t22-,23-,24+,25-,26?/m1/s1. The van der Waals surface area contributed by atoms with Gasteiger partial charge < -0.3 is 35.1 Å². The van der Waals surface area contributed by atoms with Gasteiger partial charge in [0, 0.05) is 0 Å². The van der Waals surface area contributed by atoms with Crippen LogP contribution >= 0.6 is 0 Å². The molecular formula is C25H54NO6+. The van der Waals surface area contributed by atoms with Crippen LogP contribution in [0.3, 0.4) is 0 Å². The number of hydrogen-bond acceptors (Lipinski definition) is 6. The van der Waals surface area contributed by atoms with Gasteiger partial charge in [0.05, 0.1) is 26.8 Å². The van der Waals surface area contributed by atoms with Crippen LogP contribution in [0, 0.1) is 0 Å². The van der Waals surface area contributed by atoms with Crippen LogP contribution in [0.2, 0.25) is 0 Å². The lowest BCUT2D eigenvalue weighted by Crippen LogP contribution is -2.56. The zero-order chi connectivity index (χ0) is 24.2. The lowest BCUT2D eigenvalue weighted by atomic mass is 10.0. The molecule has 6 N–H and O–H groups in total. The molecule has 7 nitrogen and oxygen atoms in total. The summed E-state index contributed by atoms with van der Waals surface area (Å²) in [6, 6.07) is 0. The molecule has 0 saturated heterocycles. The Bertz CT molecular complexity index is 414. The van der Waals surface area contributed by atoms with Crippen molar-refractivity contribution in [3.05, 3.63) is 0 Å². The zero-order valence-corrected chi connectivity index (χ0v) is 20.9. The molecule has 7 heteroatoms. The molecule has 0 bridgehead atoms. The van der Waals surface area contributed by atoms with Crippen LogP contribution in [-0.2, 0) is 0 Å². The van der Waals surface area contributed by atoms with E-state index in [-0.39, 0.29) is 13.2 Å². The molecule has 1 unspecified atom stereocenters. The SMILES string of the molecule is CCCCCCCCCCCCCCCC[N+](C)(CCO)C[C@@H](O)[C@H](O)[C@H](O)[C@H](O)CO. The van der Waals surface area contributed by atoms with Gasteiger partial charge in [0.25, 0.3) is 0 Å². The topological polar surface area (TPSA) is 121 Å². The van der Waals surface area contributed by atoms with E-state index >= 15 is 0 Å². The van der Waals surface area contributed by atoms with Gasteiger partial charge in [-0.1, -0.05) is 84.0 Å². The van der Waals surface area contributed by atoms with Gasteiger partial charge in [0.15, 0.2) is 0 Å². The Morgan fingerprint density at radius 3 is 1.38 bits per heavy atom. The van der Waals surface area contributed by atoms with Gasteiger partial charge in [0.2, 0.25) is 0 Å². The smallest absolute Gasteiger partial charge is 0.131 e. The fourth-order valence-corrected chi connectivity index (χ4v) is 4.35. The first-order valence-corrected chi connectivity index (χ1v) is 13.1. The summed E-state index contributed by atoms with van der Waals surface area (Å²) in [7, 11) is 1.92. The highest BCUT2D eigenvalue weighted by Crippen LogP contribution is 2.16. The summed E-state index contributed by atoms with van der Waals surface area (Å²) < 4.78 is 0.384. The molecule has 5 atom stereocenters. The van der Waals surface area contributed by atoms with Crippen LogP contribution in [-0.4, -0.2) is 99.4 Å². The molecule has 32 heavy (non-hydrogen) atoms. The number of aliphatic hydroxyl groups is 6. The van der Waals surface area contributed by atoms with Crippen molar-refractivity contribution in [2.24, 2.45) is 0 Å². The van der Waals surface area contributed by atoms with Crippen molar-refractivity contribution in [1.29, 1.82) is 0 Å². The van der Waals surface area contributed by atoms with E-state index in [1.165, 1.54) is 77.0 Å². The molecule has 0 aromatic rings. The van der Waals surface area contributed by atoms with E-state index in [9.17, 15) is 25.5 Å². The van der Waals surface area contributed by atoms with Crippen molar-refractivity contribution in [2.75, 3.05) is 39.9 Å². The molecule has 0 fully saturated rings. The summed E-state index contributed by atoms with van der Waals surface area (Å²) in [6.45, 7) is 2.91. The minimum absolute atomic E-state index is 0.0280. The number of nitrogens with zero attached hydrogens (tertiary/aromatic N) is 1. The Labute approximate surface area is 196 Å². The maximum atomic E-state index is 10.3. The molecule has 0 aromatic carbocycles. The summed E-state index contributed by atoms with van der Waals surface area (Å²) in [4.78, 5) is 0. The molecule has 0 saturated carbocycles. The summed E-state index contributed by atoms with van der Waals surface area (Å²) in [5.41, 5.74) is 0. The van der Waals surface area contributed by atoms with E-state index in [0.29, 0.717) is 11.0 Å². The van der Waals surface area contributed by atoms with E-state index in [0.717, 1.165) is 19.4 Å².